The van der Waals surface area contributed by atoms with E-state index < -0.39 is 4.92 Å². The van der Waals surface area contributed by atoms with Gasteiger partial charge in [0.2, 0.25) is 5.89 Å². The molecule has 150 valence electrons. The molecule has 5 rings (SSSR count). The quantitative estimate of drug-likeness (QED) is 0.298. The van der Waals surface area contributed by atoms with Crippen LogP contribution in [0.1, 0.15) is 10.4 Å². The molecule has 7 heteroatoms. The Morgan fingerprint density at radius 2 is 1.65 bits per heavy atom. The molecule has 4 aromatic carbocycles. The molecule has 1 aromatic heterocycles. The van der Waals surface area contributed by atoms with Gasteiger partial charge in [-0.2, -0.15) is 0 Å². The second kappa shape index (κ2) is 7.38. The molecule has 0 aliphatic heterocycles. The molecule has 31 heavy (non-hydrogen) atoms. The standard InChI is InChI=1S/C24H15N3O4/c28-23(16-9-12-17(13-10-16)27(29)30)25-20-8-4-3-7-19(20)24-26-22-18-6-2-1-5-15(18)11-14-21(22)31-24/h1-14H,(H,25,28). The van der Waals surface area contributed by atoms with Gasteiger partial charge in [-0.1, -0.05) is 42.5 Å². The van der Waals surface area contributed by atoms with Crippen LogP contribution in [-0.2, 0) is 0 Å². The van der Waals surface area contributed by atoms with Crippen LogP contribution in [0.15, 0.2) is 89.3 Å². The second-order valence-corrected chi connectivity index (χ2v) is 6.96. The van der Waals surface area contributed by atoms with E-state index in [1.54, 1.807) is 12.1 Å². The van der Waals surface area contributed by atoms with Gasteiger partial charge in [0.05, 0.1) is 16.2 Å². The molecule has 7 nitrogen and oxygen atoms in total. The fourth-order valence-corrected chi connectivity index (χ4v) is 3.48. The van der Waals surface area contributed by atoms with E-state index in [-0.39, 0.29) is 11.6 Å². The first-order valence-electron chi connectivity index (χ1n) is 9.54. The summed E-state index contributed by atoms with van der Waals surface area (Å²) >= 11 is 0. The van der Waals surface area contributed by atoms with E-state index in [1.807, 2.05) is 48.5 Å². The first kappa shape index (κ1) is 18.5. The minimum Gasteiger partial charge on any atom is -0.436 e. The summed E-state index contributed by atoms with van der Waals surface area (Å²) in [6.45, 7) is 0. The Balaban J connectivity index is 1.51. The molecule has 0 bridgehead atoms. The van der Waals surface area contributed by atoms with Crippen molar-refractivity contribution in [2.75, 3.05) is 5.32 Å². The maximum Gasteiger partial charge on any atom is 0.269 e. The largest absolute Gasteiger partial charge is 0.436 e. The zero-order valence-electron chi connectivity index (χ0n) is 16.1. The zero-order chi connectivity index (χ0) is 21.4. The lowest BCUT2D eigenvalue weighted by molar-refractivity contribution is -0.384. The number of amides is 1. The number of hydrogen-bond acceptors (Lipinski definition) is 5. The summed E-state index contributed by atoms with van der Waals surface area (Å²) in [4.78, 5) is 27.7. The summed E-state index contributed by atoms with van der Waals surface area (Å²) < 4.78 is 5.99. The van der Waals surface area contributed by atoms with E-state index in [4.69, 9.17) is 4.42 Å². The van der Waals surface area contributed by atoms with Gasteiger partial charge < -0.3 is 9.73 Å². The zero-order valence-corrected chi connectivity index (χ0v) is 16.1. The highest BCUT2D eigenvalue weighted by Gasteiger charge is 2.16. The van der Waals surface area contributed by atoms with Gasteiger partial charge in [0, 0.05) is 23.1 Å². The van der Waals surface area contributed by atoms with Gasteiger partial charge in [0.1, 0.15) is 5.52 Å². The van der Waals surface area contributed by atoms with Crippen LogP contribution in [0.3, 0.4) is 0 Å². The second-order valence-electron chi connectivity index (χ2n) is 6.96. The normalized spacial score (nSPS) is 11.0. The predicted octanol–water partition coefficient (Wildman–Crippen LogP) is 5.81. The number of oxazole rings is 1. The van der Waals surface area contributed by atoms with Crippen LogP contribution >= 0.6 is 0 Å². The maximum absolute atomic E-state index is 12.7. The molecular weight excluding hydrogens is 394 g/mol. The van der Waals surface area contributed by atoms with Crippen LogP contribution in [-0.4, -0.2) is 15.8 Å². The molecule has 1 heterocycles. The Morgan fingerprint density at radius 1 is 0.903 bits per heavy atom. The first-order chi connectivity index (χ1) is 15.1. The SMILES string of the molecule is O=C(Nc1ccccc1-c1nc2c(ccc3ccccc32)o1)c1ccc([N+](=O)[O-])cc1. The molecule has 0 spiro atoms. The van der Waals surface area contributed by atoms with Crippen LogP contribution < -0.4 is 5.32 Å². The molecule has 0 saturated carbocycles. The van der Waals surface area contributed by atoms with Crippen molar-refractivity contribution >= 4 is 39.2 Å². The van der Waals surface area contributed by atoms with E-state index in [0.29, 0.717) is 28.3 Å². The van der Waals surface area contributed by atoms with Crippen LogP contribution in [0, 0.1) is 10.1 Å². The lowest BCUT2D eigenvalue weighted by Gasteiger charge is -2.08. The van der Waals surface area contributed by atoms with Gasteiger partial charge in [-0.3, -0.25) is 14.9 Å². The number of carbonyl (C=O) groups excluding carboxylic acids is 1. The highest BCUT2D eigenvalue weighted by molar-refractivity contribution is 6.07. The number of non-ortho nitro benzene ring substituents is 1. The van der Waals surface area contributed by atoms with Crippen molar-refractivity contribution in [2.24, 2.45) is 0 Å². The number of hydrogen-bond donors (Lipinski definition) is 1. The molecule has 1 amide bonds. The number of para-hydroxylation sites is 1. The molecule has 0 aliphatic carbocycles. The third kappa shape index (κ3) is 3.38. The Morgan fingerprint density at radius 3 is 2.45 bits per heavy atom. The van der Waals surface area contributed by atoms with Crippen molar-refractivity contribution in [1.82, 2.24) is 4.98 Å². The summed E-state index contributed by atoms with van der Waals surface area (Å²) in [5, 5.41) is 15.7. The maximum atomic E-state index is 12.7. The molecule has 0 atom stereocenters. The number of aromatic nitrogens is 1. The van der Waals surface area contributed by atoms with Gasteiger partial charge in [-0.15, -0.1) is 0 Å². The van der Waals surface area contributed by atoms with Crippen molar-refractivity contribution < 1.29 is 14.1 Å². The lowest BCUT2D eigenvalue weighted by atomic mass is 10.1. The minimum atomic E-state index is -0.506. The van der Waals surface area contributed by atoms with Gasteiger partial charge in [0.15, 0.2) is 5.58 Å². The molecule has 0 saturated heterocycles. The third-order valence-electron chi connectivity index (χ3n) is 5.03. The summed E-state index contributed by atoms with van der Waals surface area (Å²) in [6.07, 6.45) is 0. The van der Waals surface area contributed by atoms with Crippen molar-refractivity contribution in [2.45, 2.75) is 0 Å². The molecule has 0 fully saturated rings. The van der Waals surface area contributed by atoms with Gasteiger partial charge >= 0.3 is 0 Å². The number of nitro groups is 1. The van der Waals surface area contributed by atoms with Gasteiger partial charge in [-0.05, 0) is 35.7 Å². The number of rotatable bonds is 4. The van der Waals surface area contributed by atoms with Crippen molar-refractivity contribution in [3.8, 4) is 11.5 Å². The minimum absolute atomic E-state index is 0.0735. The number of nitro benzene ring substituents is 1. The lowest BCUT2D eigenvalue weighted by Crippen LogP contribution is -2.12. The van der Waals surface area contributed by atoms with Crippen molar-refractivity contribution in [3.05, 3.63) is 101 Å². The number of fused-ring (bicyclic) bond motifs is 3. The van der Waals surface area contributed by atoms with E-state index in [0.717, 1.165) is 16.3 Å². The predicted molar refractivity (Wildman–Crippen MR) is 118 cm³/mol. The first-order valence-corrected chi connectivity index (χ1v) is 9.54. The fourth-order valence-electron chi connectivity index (χ4n) is 3.48. The number of benzene rings is 4. The Kier molecular flexibility index (Phi) is 4.41. The van der Waals surface area contributed by atoms with Crippen LogP contribution in [0.25, 0.3) is 33.3 Å². The summed E-state index contributed by atoms with van der Waals surface area (Å²) in [6, 6.07) is 24.4. The molecule has 0 unspecified atom stereocenters. The number of carbonyl (C=O) groups is 1. The number of nitrogens with zero attached hydrogens (tertiary/aromatic N) is 2. The van der Waals surface area contributed by atoms with Crippen molar-refractivity contribution in [1.29, 1.82) is 0 Å². The summed E-state index contributed by atoms with van der Waals surface area (Å²) in [7, 11) is 0. The monoisotopic (exact) mass is 409 g/mol. The van der Waals surface area contributed by atoms with Gasteiger partial charge in [-0.25, -0.2) is 4.98 Å². The number of anilines is 1. The van der Waals surface area contributed by atoms with E-state index in [9.17, 15) is 14.9 Å². The summed E-state index contributed by atoms with van der Waals surface area (Å²) in [5.41, 5.74) is 2.81. The molecule has 5 aromatic rings. The topological polar surface area (TPSA) is 98.3 Å². The van der Waals surface area contributed by atoms with Crippen LogP contribution in [0.4, 0.5) is 11.4 Å². The molecule has 1 N–H and O–H groups in total. The highest BCUT2D eigenvalue weighted by atomic mass is 16.6. The number of nitrogens with one attached hydrogen (secondary N) is 1. The molecule has 0 radical (unpaired) electrons. The summed E-state index contributed by atoms with van der Waals surface area (Å²) in [5.74, 6) is 0.00913. The third-order valence-corrected chi connectivity index (χ3v) is 5.03. The van der Waals surface area contributed by atoms with E-state index >= 15 is 0 Å². The van der Waals surface area contributed by atoms with Crippen LogP contribution in [0.5, 0.6) is 0 Å². The Hall–Kier alpha value is -4.52. The van der Waals surface area contributed by atoms with Gasteiger partial charge in [0.25, 0.3) is 11.6 Å². The van der Waals surface area contributed by atoms with E-state index in [1.165, 1.54) is 24.3 Å². The average Bonchev–Trinajstić information content (AvgIpc) is 3.24. The Labute approximate surface area is 176 Å². The highest BCUT2D eigenvalue weighted by Crippen LogP contribution is 2.33. The smallest absolute Gasteiger partial charge is 0.269 e. The molecule has 0 aliphatic rings. The van der Waals surface area contributed by atoms with Crippen LogP contribution in [0.2, 0.25) is 0 Å². The van der Waals surface area contributed by atoms with E-state index in [2.05, 4.69) is 10.3 Å². The fraction of sp³-hybridized carbons (Fsp3) is 0. The Bertz CT molecular complexity index is 1460. The van der Waals surface area contributed by atoms with Crippen molar-refractivity contribution in [3.63, 3.8) is 0 Å². The average molecular weight is 409 g/mol. The molecular formula is C24H15N3O4.